The van der Waals surface area contributed by atoms with E-state index in [9.17, 15) is 9.59 Å². The van der Waals surface area contributed by atoms with Crippen LogP contribution >= 0.6 is 0 Å². The van der Waals surface area contributed by atoms with Crippen molar-refractivity contribution in [3.05, 3.63) is 59.4 Å². The molecule has 2 aromatic heterocycles. The Morgan fingerprint density at radius 3 is 2.44 bits per heavy atom. The maximum absolute atomic E-state index is 12.2. The molecule has 2 amide bonds. The zero-order valence-electron chi connectivity index (χ0n) is 15.8. The molecule has 6 heteroatoms. The molecule has 0 atom stereocenters. The first-order valence-corrected chi connectivity index (χ1v) is 9.13. The summed E-state index contributed by atoms with van der Waals surface area (Å²) in [6, 6.07) is 11.0. The van der Waals surface area contributed by atoms with Crippen LogP contribution in [0.15, 0.2) is 42.6 Å². The number of primary amides is 1. The zero-order valence-corrected chi connectivity index (χ0v) is 15.8. The molecule has 3 rings (SSSR count). The second kappa shape index (κ2) is 7.61. The monoisotopic (exact) mass is 364 g/mol. The molecule has 0 radical (unpaired) electrons. The molecule has 27 heavy (non-hydrogen) atoms. The van der Waals surface area contributed by atoms with E-state index < -0.39 is 5.91 Å². The lowest BCUT2D eigenvalue weighted by molar-refractivity contribution is 0.0942. The van der Waals surface area contributed by atoms with E-state index >= 15 is 0 Å². The molecule has 0 fully saturated rings. The highest BCUT2D eigenvalue weighted by molar-refractivity contribution is 5.97. The highest BCUT2D eigenvalue weighted by Gasteiger charge is 2.16. The number of pyridine rings is 1. The van der Waals surface area contributed by atoms with Crippen LogP contribution in [0, 0.1) is 0 Å². The van der Waals surface area contributed by atoms with Gasteiger partial charge in [0.1, 0.15) is 0 Å². The topological polar surface area (TPSA) is 89.5 Å². The Kier molecular flexibility index (Phi) is 5.26. The normalized spacial score (nSPS) is 11.1. The molecule has 2 heterocycles. The number of rotatable bonds is 6. The summed E-state index contributed by atoms with van der Waals surface area (Å²) in [5, 5.41) is 7.55. The summed E-state index contributed by atoms with van der Waals surface area (Å²) in [4.78, 5) is 23.8. The van der Waals surface area contributed by atoms with Crippen molar-refractivity contribution >= 4 is 17.3 Å². The molecular weight excluding hydrogens is 340 g/mol. The Morgan fingerprint density at radius 1 is 1.15 bits per heavy atom. The average molecular weight is 364 g/mol. The Balaban J connectivity index is 2.08. The minimum absolute atomic E-state index is 0.0835. The van der Waals surface area contributed by atoms with Crippen molar-refractivity contribution in [2.75, 3.05) is 0 Å². The van der Waals surface area contributed by atoms with E-state index in [1.807, 2.05) is 38.1 Å². The van der Waals surface area contributed by atoms with Crippen molar-refractivity contribution in [2.24, 2.45) is 5.73 Å². The van der Waals surface area contributed by atoms with Crippen LogP contribution in [0.2, 0.25) is 0 Å². The number of aryl methyl sites for hydroxylation is 1. The van der Waals surface area contributed by atoms with Crippen molar-refractivity contribution in [1.82, 2.24) is 14.9 Å². The number of benzene rings is 1. The predicted molar refractivity (Wildman–Crippen MR) is 106 cm³/mol. The Morgan fingerprint density at radius 2 is 1.85 bits per heavy atom. The molecule has 0 saturated carbocycles. The fourth-order valence-corrected chi connectivity index (χ4v) is 3.11. The number of amides is 2. The quantitative estimate of drug-likeness (QED) is 0.704. The SMILES string of the molecule is CCCc1nn2ccc(C(N)=O)cc2c1-c1ccc(C(=O)NC(C)C)cc1. The van der Waals surface area contributed by atoms with Gasteiger partial charge in [-0.2, -0.15) is 5.10 Å². The van der Waals surface area contributed by atoms with Gasteiger partial charge in [0.25, 0.3) is 5.91 Å². The number of nitrogens with one attached hydrogen (secondary N) is 1. The van der Waals surface area contributed by atoms with Gasteiger partial charge in [0.05, 0.1) is 11.2 Å². The molecule has 0 unspecified atom stereocenters. The number of nitrogens with two attached hydrogens (primary N) is 1. The van der Waals surface area contributed by atoms with Crippen molar-refractivity contribution < 1.29 is 9.59 Å². The van der Waals surface area contributed by atoms with E-state index in [-0.39, 0.29) is 11.9 Å². The first-order chi connectivity index (χ1) is 12.9. The third-order valence-electron chi connectivity index (χ3n) is 4.33. The lowest BCUT2D eigenvalue weighted by Gasteiger charge is -2.09. The summed E-state index contributed by atoms with van der Waals surface area (Å²) in [7, 11) is 0. The van der Waals surface area contributed by atoms with Crippen LogP contribution in [0.3, 0.4) is 0 Å². The zero-order chi connectivity index (χ0) is 19.6. The van der Waals surface area contributed by atoms with E-state index in [4.69, 9.17) is 5.73 Å². The van der Waals surface area contributed by atoms with Gasteiger partial charge in [0, 0.05) is 28.9 Å². The van der Waals surface area contributed by atoms with Gasteiger partial charge in [-0.25, -0.2) is 4.52 Å². The molecule has 140 valence electrons. The highest BCUT2D eigenvalue weighted by Crippen LogP contribution is 2.30. The van der Waals surface area contributed by atoms with Crippen molar-refractivity contribution in [3.63, 3.8) is 0 Å². The standard InChI is InChI=1S/C21H24N4O2/c1-4-5-17-19(18-12-16(20(22)26)10-11-25(18)24-17)14-6-8-15(9-7-14)21(27)23-13(2)3/h6-13H,4-5H2,1-3H3,(H2,22,26)(H,23,27). The molecule has 0 aliphatic rings. The minimum atomic E-state index is -0.470. The minimum Gasteiger partial charge on any atom is -0.366 e. The maximum Gasteiger partial charge on any atom is 0.251 e. The number of aromatic nitrogens is 2. The first-order valence-electron chi connectivity index (χ1n) is 9.13. The smallest absolute Gasteiger partial charge is 0.251 e. The fraction of sp³-hybridized carbons (Fsp3) is 0.286. The van der Waals surface area contributed by atoms with Crippen LogP contribution in [-0.2, 0) is 6.42 Å². The van der Waals surface area contributed by atoms with Gasteiger partial charge < -0.3 is 11.1 Å². The van der Waals surface area contributed by atoms with E-state index in [2.05, 4.69) is 17.3 Å². The van der Waals surface area contributed by atoms with E-state index in [1.54, 1.807) is 22.8 Å². The van der Waals surface area contributed by atoms with Crippen molar-refractivity contribution in [1.29, 1.82) is 0 Å². The number of hydrogen-bond donors (Lipinski definition) is 2. The summed E-state index contributed by atoms with van der Waals surface area (Å²) in [5.41, 5.74) is 10.2. The highest BCUT2D eigenvalue weighted by atomic mass is 16.2. The van der Waals surface area contributed by atoms with Crippen LogP contribution in [0.4, 0.5) is 0 Å². The van der Waals surface area contributed by atoms with Crippen LogP contribution < -0.4 is 11.1 Å². The Hall–Kier alpha value is -3.15. The number of carbonyl (C=O) groups is 2. The van der Waals surface area contributed by atoms with Crippen molar-refractivity contribution in [3.8, 4) is 11.1 Å². The van der Waals surface area contributed by atoms with Gasteiger partial charge in [0.2, 0.25) is 5.91 Å². The molecule has 0 aliphatic heterocycles. The largest absolute Gasteiger partial charge is 0.366 e. The summed E-state index contributed by atoms with van der Waals surface area (Å²) in [5.74, 6) is -0.566. The molecule has 3 aromatic rings. The average Bonchev–Trinajstić information content (AvgIpc) is 2.98. The van der Waals surface area contributed by atoms with E-state index in [1.165, 1.54) is 0 Å². The number of nitrogens with zero attached hydrogens (tertiary/aromatic N) is 2. The summed E-state index contributed by atoms with van der Waals surface area (Å²) < 4.78 is 1.77. The van der Waals surface area contributed by atoms with Crippen LogP contribution in [0.1, 0.15) is 53.6 Å². The molecule has 0 spiro atoms. The lowest BCUT2D eigenvalue weighted by Crippen LogP contribution is -2.29. The molecule has 1 aromatic carbocycles. The predicted octanol–water partition coefficient (Wildman–Crippen LogP) is 3.19. The van der Waals surface area contributed by atoms with Gasteiger partial charge >= 0.3 is 0 Å². The summed E-state index contributed by atoms with van der Waals surface area (Å²) in [6.45, 7) is 5.96. The number of carbonyl (C=O) groups excluding carboxylic acids is 2. The van der Waals surface area contributed by atoms with Crippen LogP contribution in [-0.4, -0.2) is 27.5 Å². The second-order valence-corrected chi connectivity index (χ2v) is 6.89. The summed E-state index contributed by atoms with van der Waals surface area (Å²) in [6.07, 6.45) is 3.52. The van der Waals surface area contributed by atoms with E-state index in [0.717, 1.165) is 35.2 Å². The van der Waals surface area contributed by atoms with Gasteiger partial charge in [0.15, 0.2) is 0 Å². The molecule has 0 aliphatic carbocycles. The third-order valence-corrected chi connectivity index (χ3v) is 4.33. The van der Waals surface area contributed by atoms with Gasteiger partial charge in [-0.3, -0.25) is 9.59 Å². The molecule has 3 N–H and O–H groups in total. The maximum atomic E-state index is 12.2. The fourth-order valence-electron chi connectivity index (χ4n) is 3.11. The van der Waals surface area contributed by atoms with Gasteiger partial charge in [-0.05, 0) is 50.1 Å². The van der Waals surface area contributed by atoms with Gasteiger partial charge in [-0.1, -0.05) is 25.5 Å². The second-order valence-electron chi connectivity index (χ2n) is 6.89. The van der Waals surface area contributed by atoms with Crippen LogP contribution in [0.5, 0.6) is 0 Å². The van der Waals surface area contributed by atoms with Gasteiger partial charge in [-0.15, -0.1) is 0 Å². The van der Waals surface area contributed by atoms with E-state index in [0.29, 0.717) is 11.1 Å². The Bertz CT molecular complexity index is 987. The first kappa shape index (κ1) is 18.6. The molecular formula is C21H24N4O2. The third kappa shape index (κ3) is 3.84. The van der Waals surface area contributed by atoms with Crippen LogP contribution in [0.25, 0.3) is 16.6 Å². The molecule has 0 bridgehead atoms. The molecule has 6 nitrogen and oxygen atoms in total. The number of fused-ring (bicyclic) bond motifs is 1. The van der Waals surface area contributed by atoms with Crippen molar-refractivity contribution in [2.45, 2.75) is 39.7 Å². The molecule has 0 saturated heterocycles. The lowest BCUT2D eigenvalue weighted by atomic mass is 9.99. The summed E-state index contributed by atoms with van der Waals surface area (Å²) >= 11 is 0. The number of hydrogen-bond acceptors (Lipinski definition) is 3. The Labute approximate surface area is 158 Å².